The van der Waals surface area contributed by atoms with Crippen LogP contribution in [0.1, 0.15) is 6.92 Å². The van der Waals surface area contributed by atoms with Crippen molar-refractivity contribution in [1.82, 2.24) is 0 Å². The highest BCUT2D eigenvalue weighted by molar-refractivity contribution is 4.68. The highest BCUT2D eigenvalue weighted by atomic mass is 19.3. The van der Waals surface area contributed by atoms with E-state index in [-0.39, 0.29) is 0 Å². The van der Waals surface area contributed by atoms with Crippen LogP contribution in [0.3, 0.4) is 0 Å². The lowest BCUT2D eigenvalue weighted by molar-refractivity contribution is -0.377. The van der Waals surface area contributed by atoms with Crippen molar-refractivity contribution in [1.29, 1.82) is 0 Å². The zero-order valence-corrected chi connectivity index (χ0v) is 4.95. The Labute approximate surface area is 50.2 Å². The van der Waals surface area contributed by atoms with Crippen molar-refractivity contribution in [3.05, 3.63) is 0 Å². The van der Waals surface area contributed by atoms with Crippen molar-refractivity contribution in [3.63, 3.8) is 0 Å². The van der Waals surface area contributed by atoms with E-state index in [4.69, 9.17) is 0 Å². The van der Waals surface area contributed by atoms with Gasteiger partial charge in [-0.3, -0.25) is 0 Å². The van der Waals surface area contributed by atoms with Crippen LogP contribution in [0.2, 0.25) is 0 Å². The predicted octanol–water partition coefficient (Wildman–Crippen LogP) is 1.34. The molecular formula is C4H6F3O2. The van der Waals surface area contributed by atoms with Crippen LogP contribution in [0.5, 0.6) is 0 Å². The molecule has 0 aromatic carbocycles. The molecule has 0 rings (SSSR count). The average Bonchev–Trinajstić information content (AvgIpc) is 1.64. The molecule has 5 heteroatoms. The molecule has 0 fully saturated rings. The molecule has 0 aromatic rings. The van der Waals surface area contributed by atoms with Crippen LogP contribution in [0.15, 0.2) is 0 Å². The Balaban J connectivity index is 4.14. The summed E-state index contributed by atoms with van der Waals surface area (Å²) in [7, 11) is 0.700. The lowest BCUT2D eigenvalue weighted by Gasteiger charge is -2.20. The number of hydrogen-bond acceptors (Lipinski definition) is 1. The minimum absolute atomic E-state index is 0.375. The van der Waals surface area contributed by atoms with Gasteiger partial charge in [-0.05, 0) is 0 Å². The van der Waals surface area contributed by atoms with E-state index in [1.54, 1.807) is 0 Å². The number of halogens is 3. The van der Waals surface area contributed by atoms with Gasteiger partial charge in [0.05, 0.1) is 0 Å². The molecule has 1 radical (unpaired) electrons. The molecule has 0 bridgehead atoms. The molecule has 0 aliphatic heterocycles. The summed E-state index contributed by atoms with van der Waals surface area (Å²) < 4.78 is 38.5. The highest BCUT2D eigenvalue weighted by Crippen LogP contribution is 2.30. The fraction of sp³-hybridized carbons (Fsp3) is 1.00. The monoisotopic (exact) mass is 143 g/mol. The molecule has 1 atom stereocenters. The van der Waals surface area contributed by atoms with E-state index in [9.17, 15) is 18.3 Å². The van der Waals surface area contributed by atoms with E-state index >= 15 is 0 Å². The lowest BCUT2D eigenvalue weighted by atomic mass is 10.3. The summed E-state index contributed by atoms with van der Waals surface area (Å²) in [6.07, 6.45) is -4.69. The molecule has 0 aromatic heterocycles. The molecule has 0 N–H and O–H groups in total. The largest absolute Gasteiger partial charge is 0.439 e. The Hall–Kier alpha value is -0.290. The van der Waals surface area contributed by atoms with Gasteiger partial charge in [0.2, 0.25) is 0 Å². The van der Waals surface area contributed by atoms with Crippen LogP contribution in [0.4, 0.5) is 13.2 Å². The molecule has 2 nitrogen and oxygen atoms in total. The first kappa shape index (κ1) is 8.71. The Morgan fingerprint density at radius 3 is 1.67 bits per heavy atom. The number of ether oxygens (including phenoxy) is 1. The van der Waals surface area contributed by atoms with Crippen molar-refractivity contribution >= 4 is 0 Å². The van der Waals surface area contributed by atoms with Crippen molar-refractivity contribution in [3.8, 4) is 0 Å². The quantitative estimate of drug-likeness (QED) is 0.573. The van der Waals surface area contributed by atoms with E-state index in [1.165, 1.54) is 0 Å². The van der Waals surface area contributed by atoms with Crippen molar-refractivity contribution in [2.24, 2.45) is 0 Å². The number of hydrogen-bond donors (Lipinski definition) is 0. The molecule has 55 valence electrons. The van der Waals surface area contributed by atoms with Crippen molar-refractivity contribution < 1.29 is 23.0 Å². The number of alkyl halides is 3. The fourth-order valence-electron chi connectivity index (χ4n) is 0.119. The van der Waals surface area contributed by atoms with Crippen molar-refractivity contribution in [2.45, 2.75) is 18.9 Å². The summed E-state index contributed by atoms with van der Waals surface area (Å²) in [4.78, 5) is 0. The molecule has 0 spiro atoms. The minimum atomic E-state index is -4.69. The molecule has 0 amide bonds. The third kappa shape index (κ3) is 1.83. The Morgan fingerprint density at radius 1 is 1.33 bits per heavy atom. The van der Waals surface area contributed by atoms with Gasteiger partial charge in [-0.1, -0.05) is 0 Å². The van der Waals surface area contributed by atoms with Gasteiger partial charge in [0.25, 0.3) is 5.85 Å². The van der Waals surface area contributed by atoms with Crippen LogP contribution < -0.4 is 0 Å². The van der Waals surface area contributed by atoms with Gasteiger partial charge in [0.15, 0.2) is 0 Å². The molecule has 0 saturated carbocycles. The maximum Gasteiger partial charge on any atom is 0.439 e. The average molecular weight is 143 g/mol. The second kappa shape index (κ2) is 2.15. The summed E-state index contributed by atoms with van der Waals surface area (Å²) in [5, 5.41) is 9.52. The van der Waals surface area contributed by atoms with Gasteiger partial charge in [0.1, 0.15) is 0 Å². The van der Waals surface area contributed by atoms with Crippen LogP contribution >= 0.6 is 0 Å². The lowest BCUT2D eigenvalue weighted by Crippen LogP contribution is -2.41. The Morgan fingerprint density at radius 2 is 1.67 bits per heavy atom. The van der Waals surface area contributed by atoms with Gasteiger partial charge in [-0.15, -0.1) is 0 Å². The molecule has 0 aliphatic carbocycles. The standard InChI is InChI=1S/C4H6F3O2/c1-3(5,9-2)4(6,7)8/h1-2H3. The normalized spacial score (nSPS) is 19.3. The van der Waals surface area contributed by atoms with Gasteiger partial charge in [-0.25, -0.2) is 4.39 Å². The Bertz CT molecular complexity index is 96.5. The van der Waals surface area contributed by atoms with Crippen molar-refractivity contribution in [2.75, 3.05) is 7.11 Å². The van der Waals surface area contributed by atoms with Crippen LogP contribution in [0.25, 0.3) is 0 Å². The SMILES string of the molecule is COC(C)(F)C([O])(F)F. The molecule has 0 heterocycles. The van der Waals surface area contributed by atoms with Crippen LogP contribution in [0, 0.1) is 0 Å². The second-order valence-electron chi connectivity index (χ2n) is 1.64. The summed E-state index contributed by atoms with van der Waals surface area (Å²) >= 11 is 0. The first-order valence-corrected chi connectivity index (χ1v) is 2.13. The smallest absolute Gasteiger partial charge is 0.343 e. The molecule has 1 unspecified atom stereocenters. The summed E-state index contributed by atoms with van der Waals surface area (Å²) in [6, 6.07) is 0. The third-order valence-electron chi connectivity index (χ3n) is 0.903. The van der Waals surface area contributed by atoms with E-state index in [2.05, 4.69) is 4.74 Å². The first-order chi connectivity index (χ1) is 3.81. The van der Waals surface area contributed by atoms with E-state index < -0.39 is 12.0 Å². The Kier molecular flexibility index (Phi) is 2.08. The van der Waals surface area contributed by atoms with E-state index in [1.807, 2.05) is 0 Å². The van der Waals surface area contributed by atoms with E-state index in [0.717, 1.165) is 0 Å². The maximum absolute atomic E-state index is 12.0. The minimum Gasteiger partial charge on any atom is -0.343 e. The zero-order chi connectivity index (χ0) is 7.71. The first-order valence-electron chi connectivity index (χ1n) is 2.13. The summed E-state index contributed by atoms with van der Waals surface area (Å²) in [5.41, 5.74) is 0. The maximum atomic E-state index is 12.0. The summed E-state index contributed by atoms with van der Waals surface area (Å²) in [6.45, 7) is 0.375. The molecular weight excluding hydrogens is 137 g/mol. The van der Waals surface area contributed by atoms with Gasteiger partial charge >= 0.3 is 6.11 Å². The molecule has 0 saturated heterocycles. The zero-order valence-electron chi connectivity index (χ0n) is 4.95. The van der Waals surface area contributed by atoms with Gasteiger partial charge < -0.3 is 4.74 Å². The summed E-state index contributed by atoms with van der Waals surface area (Å²) in [5.74, 6) is -3.41. The second-order valence-corrected chi connectivity index (χ2v) is 1.64. The van der Waals surface area contributed by atoms with Gasteiger partial charge in [-0.2, -0.15) is 13.9 Å². The highest BCUT2D eigenvalue weighted by Gasteiger charge is 2.52. The van der Waals surface area contributed by atoms with Gasteiger partial charge in [0, 0.05) is 14.0 Å². The van der Waals surface area contributed by atoms with E-state index in [0.29, 0.717) is 14.0 Å². The molecule has 9 heavy (non-hydrogen) atoms. The fourth-order valence-corrected chi connectivity index (χ4v) is 0.119. The van der Waals surface area contributed by atoms with Crippen LogP contribution in [-0.2, 0) is 9.84 Å². The number of rotatable bonds is 2. The number of methoxy groups -OCH3 is 1. The predicted molar refractivity (Wildman–Crippen MR) is 22.2 cm³/mol. The molecule has 0 aliphatic rings. The topological polar surface area (TPSA) is 29.1 Å². The van der Waals surface area contributed by atoms with Crippen LogP contribution in [-0.4, -0.2) is 19.1 Å². The third-order valence-corrected chi connectivity index (χ3v) is 0.903.